The van der Waals surface area contributed by atoms with E-state index in [1.807, 2.05) is 0 Å². The number of nitrogens with two attached hydrogens (primary N) is 2. The highest BCUT2D eigenvalue weighted by atomic mass is 16.1. The van der Waals surface area contributed by atoms with E-state index in [2.05, 4.69) is 9.98 Å². The van der Waals surface area contributed by atoms with Gasteiger partial charge in [-0.2, -0.15) is 0 Å². The number of carbonyl (C=O) groups is 1. The minimum absolute atomic E-state index is 0.0155. The molecular weight excluding hydrogens is 302 g/mol. The molecule has 5 N–H and O–H groups in total. The zero-order chi connectivity index (χ0) is 17.1. The van der Waals surface area contributed by atoms with E-state index in [9.17, 15) is 4.79 Å². The van der Waals surface area contributed by atoms with Crippen molar-refractivity contribution < 1.29 is 4.79 Å². The molecular formula is C18H17N5O. The van der Waals surface area contributed by atoms with Gasteiger partial charge in [-0.05, 0) is 48.5 Å². The van der Waals surface area contributed by atoms with Gasteiger partial charge < -0.3 is 16.9 Å². The summed E-state index contributed by atoms with van der Waals surface area (Å²) in [6.45, 7) is 0. The van der Waals surface area contributed by atoms with Crippen LogP contribution < -0.4 is 11.5 Å². The Bertz CT molecular complexity index is 776. The third-order valence-corrected chi connectivity index (χ3v) is 3.66. The SMILES string of the molecule is N=C1CC(=O)C(=Nc2ccc(N)cc2)CC1=Nc1ccc(N)cc1. The number of hydrogen-bond acceptors (Lipinski definition) is 6. The summed E-state index contributed by atoms with van der Waals surface area (Å²) in [5.41, 5.74) is 15.2. The smallest absolute Gasteiger partial charge is 0.183 e. The monoisotopic (exact) mass is 319 g/mol. The maximum Gasteiger partial charge on any atom is 0.183 e. The lowest BCUT2D eigenvalue weighted by Gasteiger charge is -2.16. The Labute approximate surface area is 139 Å². The molecule has 2 aromatic carbocycles. The summed E-state index contributed by atoms with van der Waals surface area (Å²) in [6.07, 6.45) is 0.258. The van der Waals surface area contributed by atoms with Crippen molar-refractivity contribution in [3.05, 3.63) is 48.5 Å². The maximum atomic E-state index is 12.2. The van der Waals surface area contributed by atoms with E-state index in [0.29, 0.717) is 34.2 Å². The molecule has 1 saturated carbocycles. The molecule has 0 heterocycles. The van der Waals surface area contributed by atoms with E-state index in [-0.39, 0.29) is 24.3 Å². The summed E-state index contributed by atoms with van der Waals surface area (Å²) < 4.78 is 0. The number of nitrogens with zero attached hydrogens (tertiary/aromatic N) is 2. The van der Waals surface area contributed by atoms with Gasteiger partial charge in [0.1, 0.15) is 0 Å². The second-order valence-electron chi connectivity index (χ2n) is 5.56. The highest BCUT2D eigenvalue weighted by molar-refractivity contribution is 6.61. The minimum atomic E-state index is -0.145. The van der Waals surface area contributed by atoms with Crippen molar-refractivity contribution in [2.24, 2.45) is 9.98 Å². The van der Waals surface area contributed by atoms with Gasteiger partial charge in [-0.3, -0.25) is 9.79 Å². The van der Waals surface area contributed by atoms with Crippen LogP contribution in [0.3, 0.4) is 0 Å². The minimum Gasteiger partial charge on any atom is -0.399 e. The first-order chi connectivity index (χ1) is 11.5. The van der Waals surface area contributed by atoms with Gasteiger partial charge in [0, 0.05) is 17.8 Å². The van der Waals surface area contributed by atoms with Crippen molar-refractivity contribution in [1.29, 1.82) is 5.41 Å². The topological polar surface area (TPSA) is 118 Å². The third-order valence-electron chi connectivity index (χ3n) is 3.66. The van der Waals surface area contributed by atoms with Gasteiger partial charge in [-0.1, -0.05) is 0 Å². The Morgan fingerprint density at radius 3 is 1.71 bits per heavy atom. The molecule has 1 fully saturated rings. The molecule has 0 unspecified atom stereocenters. The standard InChI is InChI=1S/C18H17N5O/c19-11-1-5-13(6-2-11)22-16-10-17(18(24)9-15(16)21)23-14-7-3-12(20)4-8-14/h1-8,21H,9-10,19-20H2. The van der Waals surface area contributed by atoms with E-state index in [4.69, 9.17) is 16.9 Å². The number of rotatable bonds is 2. The fourth-order valence-electron chi connectivity index (χ4n) is 2.35. The molecule has 0 aromatic heterocycles. The molecule has 3 rings (SSSR count). The maximum absolute atomic E-state index is 12.2. The van der Waals surface area contributed by atoms with Gasteiger partial charge in [0.15, 0.2) is 5.78 Å². The zero-order valence-electron chi connectivity index (χ0n) is 13.0. The number of aliphatic imine (C=N–C) groups is 2. The lowest BCUT2D eigenvalue weighted by molar-refractivity contribution is -0.112. The van der Waals surface area contributed by atoms with Crippen molar-refractivity contribution in [3.63, 3.8) is 0 Å². The number of carbonyl (C=O) groups excluding carboxylic acids is 1. The Morgan fingerprint density at radius 2 is 1.21 bits per heavy atom. The summed E-state index contributed by atoms with van der Waals surface area (Å²) in [6, 6.07) is 14.0. The van der Waals surface area contributed by atoms with Crippen molar-refractivity contribution in [1.82, 2.24) is 0 Å². The molecule has 1 aliphatic carbocycles. The van der Waals surface area contributed by atoms with Crippen LogP contribution >= 0.6 is 0 Å². The zero-order valence-corrected chi connectivity index (χ0v) is 13.0. The molecule has 0 bridgehead atoms. The first-order valence-electron chi connectivity index (χ1n) is 7.48. The second-order valence-corrected chi connectivity index (χ2v) is 5.56. The molecule has 6 nitrogen and oxygen atoms in total. The van der Waals surface area contributed by atoms with Crippen molar-refractivity contribution in [2.45, 2.75) is 12.8 Å². The first kappa shape index (κ1) is 15.6. The number of nitrogen functional groups attached to an aromatic ring is 2. The molecule has 0 atom stereocenters. The summed E-state index contributed by atoms with van der Waals surface area (Å²) in [7, 11) is 0. The van der Waals surface area contributed by atoms with E-state index in [1.54, 1.807) is 48.5 Å². The van der Waals surface area contributed by atoms with Crippen LogP contribution in [-0.4, -0.2) is 22.9 Å². The average molecular weight is 319 g/mol. The lowest BCUT2D eigenvalue weighted by atomic mass is 9.93. The predicted octanol–water partition coefficient (Wildman–Crippen LogP) is 3.08. The van der Waals surface area contributed by atoms with Crippen LogP contribution in [0.5, 0.6) is 0 Å². The van der Waals surface area contributed by atoms with Crippen LogP contribution in [0.15, 0.2) is 58.5 Å². The summed E-state index contributed by atoms with van der Waals surface area (Å²) >= 11 is 0. The second kappa shape index (κ2) is 6.45. The number of Topliss-reactive ketones (excluding diaryl/α,β-unsaturated/α-hetero) is 1. The number of nitrogens with one attached hydrogen (secondary N) is 1. The Hall–Kier alpha value is -3.28. The van der Waals surface area contributed by atoms with Gasteiger partial charge in [-0.15, -0.1) is 0 Å². The Kier molecular flexibility index (Phi) is 4.20. The average Bonchev–Trinajstić information content (AvgIpc) is 2.56. The van der Waals surface area contributed by atoms with E-state index >= 15 is 0 Å². The van der Waals surface area contributed by atoms with Gasteiger partial charge >= 0.3 is 0 Å². The van der Waals surface area contributed by atoms with Crippen molar-refractivity contribution >= 4 is 45.7 Å². The van der Waals surface area contributed by atoms with Crippen LogP contribution in [0, 0.1) is 5.41 Å². The molecule has 0 aliphatic heterocycles. The summed E-state index contributed by atoms with van der Waals surface area (Å²) in [5.74, 6) is -0.145. The Balaban J connectivity index is 1.89. The highest BCUT2D eigenvalue weighted by Crippen LogP contribution is 2.20. The van der Waals surface area contributed by atoms with Gasteiger partial charge in [0.2, 0.25) is 0 Å². The number of ketones is 1. The van der Waals surface area contributed by atoms with Gasteiger partial charge in [0.25, 0.3) is 0 Å². The molecule has 0 spiro atoms. The van der Waals surface area contributed by atoms with E-state index in [1.165, 1.54) is 0 Å². The number of hydrogen-bond donors (Lipinski definition) is 3. The van der Waals surface area contributed by atoms with Crippen molar-refractivity contribution in [2.75, 3.05) is 11.5 Å². The summed E-state index contributed by atoms with van der Waals surface area (Å²) in [5, 5.41) is 8.02. The van der Waals surface area contributed by atoms with Crippen LogP contribution in [0.4, 0.5) is 22.7 Å². The summed E-state index contributed by atoms with van der Waals surface area (Å²) in [4.78, 5) is 21.0. The molecule has 0 amide bonds. The normalized spacial score (nSPS) is 18.3. The molecule has 6 heteroatoms. The fraction of sp³-hybridized carbons (Fsp3) is 0.111. The number of anilines is 2. The predicted molar refractivity (Wildman–Crippen MR) is 97.9 cm³/mol. The van der Waals surface area contributed by atoms with Gasteiger partial charge in [0.05, 0.1) is 34.9 Å². The van der Waals surface area contributed by atoms with E-state index < -0.39 is 0 Å². The quantitative estimate of drug-likeness (QED) is 0.738. The fourth-order valence-corrected chi connectivity index (χ4v) is 2.35. The first-order valence-corrected chi connectivity index (χ1v) is 7.48. The van der Waals surface area contributed by atoms with Crippen LogP contribution in [0.2, 0.25) is 0 Å². The highest BCUT2D eigenvalue weighted by Gasteiger charge is 2.26. The largest absolute Gasteiger partial charge is 0.399 e. The molecule has 0 radical (unpaired) electrons. The lowest BCUT2D eigenvalue weighted by Crippen LogP contribution is -2.32. The van der Waals surface area contributed by atoms with Crippen LogP contribution in [0.1, 0.15) is 12.8 Å². The molecule has 2 aromatic rings. The molecule has 24 heavy (non-hydrogen) atoms. The van der Waals surface area contributed by atoms with Crippen molar-refractivity contribution in [3.8, 4) is 0 Å². The van der Waals surface area contributed by atoms with Crippen LogP contribution in [-0.2, 0) is 4.79 Å². The third kappa shape index (κ3) is 3.55. The van der Waals surface area contributed by atoms with Gasteiger partial charge in [-0.25, -0.2) is 4.99 Å². The van der Waals surface area contributed by atoms with Crippen LogP contribution in [0.25, 0.3) is 0 Å². The molecule has 1 aliphatic rings. The Morgan fingerprint density at radius 1 is 0.750 bits per heavy atom. The van der Waals surface area contributed by atoms with E-state index in [0.717, 1.165) is 0 Å². The molecule has 0 saturated heterocycles. The number of benzene rings is 2. The molecule has 120 valence electrons.